The van der Waals surface area contributed by atoms with Crippen molar-refractivity contribution >= 4 is 153 Å². The van der Waals surface area contributed by atoms with Gasteiger partial charge in [0.05, 0.1) is 61.2 Å². The van der Waals surface area contributed by atoms with Crippen molar-refractivity contribution in [2.24, 2.45) is 0 Å². The van der Waals surface area contributed by atoms with Gasteiger partial charge in [0.2, 0.25) is 0 Å². The van der Waals surface area contributed by atoms with E-state index in [1.165, 1.54) is 197 Å². The van der Waals surface area contributed by atoms with Gasteiger partial charge in [-0.3, -0.25) is 0 Å². The summed E-state index contributed by atoms with van der Waals surface area (Å²) in [6, 6.07) is 185. The second kappa shape index (κ2) is 33.8. The lowest BCUT2D eigenvalue weighted by Crippen LogP contribution is -2.16. The van der Waals surface area contributed by atoms with Crippen LogP contribution in [0.3, 0.4) is 0 Å². The predicted molar refractivity (Wildman–Crippen MR) is 613 cm³/mol. The quantitative estimate of drug-likeness (QED) is 0.103. The first kappa shape index (κ1) is 84.9. The van der Waals surface area contributed by atoms with Crippen LogP contribution in [0.25, 0.3) is 214 Å². The molecule has 2 aliphatic rings. The van der Waals surface area contributed by atoms with Crippen LogP contribution in [-0.2, 0) is 10.8 Å². The summed E-state index contributed by atoms with van der Waals surface area (Å²) in [6.07, 6.45) is 0. The third-order valence-electron chi connectivity index (χ3n) is 30.9. The fourth-order valence-electron chi connectivity index (χ4n) is 24.0. The molecule has 5 heterocycles. The number of nitrogens with zero attached hydrogens (tertiary/aromatic N) is 5. The van der Waals surface area contributed by atoms with Gasteiger partial charge in [-0.2, -0.15) is 0 Å². The van der Waals surface area contributed by atoms with Crippen molar-refractivity contribution in [2.45, 2.75) is 38.5 Å². The minimum atomic E-state index is -0.152. The molecule has 5 aromatic heterocycles. The summed E-state index contributed by atoms with van der Waals surface area (Å²) < 4.78 is 16.5. The highest BCUT2D eigenvalue weighted by Gasteiger charge is 2.41. The Kier molecular flexibility index (Phi) is 19.8. The summed E-state index contributed by atoms with van der Waals surface area (Å²) in [5.41, 5.74) is 43.6. The second-order valence-corrected chi connectivity index (χ2v) is 40.8. The maximum Gasteiger partial charge on any atom is 0.137 e. The Balaban J connectivity index is 0.000000143. The van der Waals surface area contributed by atoms with E-state index < -0.39 is 0 Å². The molecule has 0 fully saturated rings. The van der Waals surface area contributed by atoms with Crippen molar-refractivity contribution in [1.29, 1.82) is 0 Å². The summed E-state index contributed by atoms with van der Waals surface area (Å²) in [5.74, 6) is 0. The van der Waals surface area contributed by atoms with Crippen molar-refractivity contribution in [1.82, 2.24) is 13.7 Å². The van der Waals surface area contributed by atoms with E-state index in [9.17, 15) is 0 Å². The number of hydrogen-bond acceptors (Lipinski definition) is 4. The zero-order valence-electron chi connectivity index (χ0n) is 80.5. The molecule has 7 heteroatoms. The van der Waals surface area contributed by atoms with Crippen LogP contribution in [0.2, 0.25) is 0 Å². The number of furan rings is 1. The molecule has 27 aromatic rings. The summed E-state index contributed by atoms with van der Waals surface area (Å²) in [4.78, 5) is 5.00. The van der Waals surface area contributed by atoms with E-state index in [1.807, 2.05) is 11.3 Å². The highest BCUT2D eigenvalue weighted by atomic mass is 32.1. The van der Waals surface area contributed by atoms with Crippen LogP contribution in [-0.4, -0.2) is 13.7 Å². The molecular weight excluding hydrogens is 1780 g/mol. The molecule has 0 unspecified atom stereocenters. The monoisotopic (exact) mass is 1870 g/mol. The molecule has 22 aromatic carbocycles. The van der Waals surface area contributed by atoms with Crippen molar-refractivity contribution in [3.8, 4) is 106 Å². The van der Waals surface area contributed by atoms with Gasteiger partial charge < -0.3 is 27.9 Å². The van der Waals surface area contributed by atoms with Crippen molar-refractivity contribution in [3.63, 3.8) is 0 Å². The largest absolute Gasteiger partial charge is 0.456 e. The Hall–Kier alpha value is -18.1. The van der Waals surface area contributed by atoms with Gasteiger partial charge >= 0.3 is 0 Å². The Morgan fingerprint density at radius 2 is 0.503 bits per heavy atom. The molecule has 0 saturated carbocycles. The van der Waals surface area contributed by atoms with Crippen molar-refractivity contribution in [2.75, 3.05) is 9.80 Å². The average Bonchev–Trinajstić information content (AvgIpc) is 1.52. The third kappa shape index (κ3) is 13.8. The van der Waals surface area contributed by atoms with E-state index >= 15 is 0 Å². The maximum atomic E-state index is 6.76. The lowest BCUT2D eigenvalue weighted by molar-refractivity contribution is 0.660. The predicted octanol–water partition coefficient (Wildman–Crippen LogP) is 38.5. The lowest BCUT2D eigenvalue weighted by Gasteiger charge is -2.29. The standard InChI is InChI=1S/C75H51N3S.C63H44N2O/c1-75(2)63-26-14-12-25-58(63)73-64(75)27-16-29-69(73)78(56-38-32-49(33-39-56)48-18-6-3-7-19-48)70-30-17-31-72-74(70)62-47-53(37-43-71(62)79-72)52-36-42-68-61(46-52)60-45-51(35-41-67(60)77(68)55-22-10-5-11-23-55)50-34-40-66-59(44-50)57-24-13-15-28-65(57)76(66)54-20-8-4-9-21-54;1-63(2)53-21-11-9-20-50(53)61-54(63)22-13-24-57(61)65(48-35-31-44(32-36-48)43-29-27-42(28-30-43)41-15-5-3-6-16-41)58-25-14-26-60-62(58)52-40-46(34-38-59(52)66-60)45-33-37-56-51(39-45)49-19-10-12-23-55(49)64(56)47-17-7-4-8-18-47/h3-47H,1-2H3;3-40H,1-2H3. The fraction of sp³-hybridized carbons (Fsp3) is 0.0435. The third-order valence-corrected chi connectivity index (χ3v) is 32.1. The Labute approximate surface area is 845 Å². The summed E-state index contributed by atoms with van der Waals surface area (Å²) in [7, 11) is 0. The van der Waals surface area contributed by atoms with Gasteiger partial charge in [0.1, 0.15) is 11.2 Å². The molecule has 145 heavy (non-hydrogen) atoms. The highest BCUT2D eigenvalue weighted by Crippen LogP contribution is 2.59. The Morgan fingerprint density at radius 3 is 0.938 bits per heavy atom. The number of rotatable bonds is 15. The first-order valence-corrected chi connectivity index (χ1v) is 51.0. The average molecular weight is 1870 g/mol. The van der Waals surface area contributed by atoms with Crippen molar-refractivity contribution < 1.29 is 4.42 Å². The summed E-state index contributed by atoms with van der Waals surface area (Å²) in [5, 5.41) is 12.1. The normalized spacial score (nSPS) is 12.8. The SMILES string of the molecule is CC1(C)c2ccccc2-c2c(N(c3ccc(-c4ccc(-c5ccccc5)cc4)cc3)c3cccc4oc5ccc(-c6ccc7c(c6)c6ccccc6n7-c6ccccc6)cc5c34)cccc21.CC1(C)c2ccccc2-c2c(N(c3ccc(-c4ccccc4)cc3)c3cccc4sc5ccc(-c6ccc7c(c6)c6cc(-c8ccc9c(c8)c8ccccc8n9-c8ccccc8)ccc6n7-c6ccccc6)cc5c34)cccc21. The molecule has 0 saturated heterocycles. The van der Waals surface area contributed by atoms with Crippen LogP contribution in [0.15, 0.2) is 508 Å². The number of hydrogen-bond donors (Lipinski definition) is 0. The zero-order chi connectivity index (χ0) is 96.3. The van der Waals surface area contributed by atoms with E-state index in [0.717, 1.165) is 72.9 Å². The molecule has 0 radical (unpaired) electrons. The van der Waals surface area contributed by atoms with Gasteiger partial charge in [-0.15, -0.1) is 11.3 Å². The number of anilines is 6. The molecule has 684 valence electrons. The van der Waals surface area contributed by atoms with Crippen LogP contribution in [0.4, 0.5) is 34.1 Å². The van der Waals surface area contributed by atoms with Gasteiger partial charge in [-0.1, -0.05) is 349 Å². The molecule has 6 nitrogen and oxygen atoms in total. The van der Waals surface area contributed by atoms with Gasteiger partial charge in [0.25, 0.3) is 0 Å². The number of thiophene rings is 1. The van der Waals surface area contributed by atoms with Gasteiger partial charge in [-0.05, 0) is 282 Å². The van der Waals surface area contributed by atoms with E-state index in [-0.39, 0.29) is 10.8 Å². The fourth-order valence-corrected chi connectivity index (χ4v) is 25.1. The highest BCUT2D eigenvalue weighted by molar-refractivity contribution is 7.26. The van der Waals surface area contributed by atoms with Crippen LogP contribution in [0, 0.1) is 0 Å². The minimum absolute atomic E-state index is 0.142. The van der Waals surface area contributed by atoms with E-state index in [2.05, 4.69) is 555 Å². The molecular formula is C138H95N5OS. The van der Waals surface area contributed by atoms with Crippen LogP contribution < -0.4 is 9.80 Å². The Bertz CT molecular complexity index is 9850. The zero-order valence-corrected chi connectivity index (χ0v) is 81.3. The Morgan fingerprint density at radius 1 is 0.200 bits per heavy atom. The number of aromatic nitrogens is 3. The van der Waals surface area contributed by atoms with E-state index in [1.54, 1.807) is 0 Å². The smallest absolute Gasteiger partial charge is 0.137 e. The second-order valence-electron chi connectivity index (χ2n) is 39.7. The molecule has 0 amide bonds. The molecule has 0 bridgehead atoms. The number of fused-ring (bicyclic) bond motifs is 21. The molecule has 29 rings (SSSR count). The molecule has 0 N–H and O–H groups in total. The minimum Gasteiger partial charge on any atom is -0.456 e. The molecule has 2 aliphatic carbocycles. The van der Waals surface area contributed by atoms with Gasteiger partial charge in [-0.25, -0.2) is 0 Å². The molecule has 0 spiro atoms. The van der Waals surface area contributed by atoms with Crippen LogP contribution >= 0.6 is 11.3 Å². The summed E-state index contributed by atoms with van der Waals surface area (Å²) >= 11 is 1.88. The van der Waals surface area contributed by atoms with Gasteiger partial charge in [0, 0.05) is 108 Å². The first-order valence-electron chi connectivity index (χ1n) is 50.2. The molecule has 0 aliphatic heterocycles. The lowest BCUT2D eigenvalue weighted by atomic mass is 9.82. The summed E-state index contributed by atoms with van der Waals surface area (Å²) in [6.45, 7) is 9.45. The van der Waals surface area contributed by atoms with Gasteiger partial charge in [0.15, 0.2) is 0 Å². The number of para-hydroxylation sites is 5. The van der Waals surface area contributed by atoms with Crippen LogP contribution in [0.5, 0.6) is 0 Å². The van der Waals surface area contributed by atoms with Crippen molar-refractivity contribution in [3.05, 3.63) is 526 Å². The maximum absolute atomic E-state index is 6.76. The first-order chi connectivity index (χ1) is 71.4. The topological polar surface area (TPSA) is 34.4 Å². The van der Waals surface area contributed by atoms with E-state index in [0.29, 0.717) is 0 Å². The molecule has 0 atom stereocenters. The number of benzene rings is 22. The van der Waals surface area contributed by atoms with E-state index in [4.69, 9.17) is 4.42 Å². The van der Waals surface area contributed by atoms with Crippen LogP contribution in [0.1, 0.15) is 49.9 Å².